The first-order chi connectivity index (χ1) is 14.5. The smallest absolute Gasteiger partial charge is 0.338 e. The fourth-order valence-electron chi connectivity index (χ4n) is 3.07. The van der Waals surface area contributed by atoms with Gasteiger partial charge in [-0.15, -0.1) is 11.3 Å². The largest absolute Gasteiger partial charge is 0.462 e. The van der Waals surface area contributed by atoms with Crippen LogP contribution in [-0.2, 0) is 11.8 Å². The Morgan fingerprint density at radius 3 is 2.50 bits per heavy atom. The van der Waals surface area contributed by atoms with E-state index >= 15 is 0 Å². The third-order valence-electron chi connectivity index (χ3n) is 4.51. The Labute approximate surface area is 182 Å². The van der Waals surface area contributed by atoms with Crippen LogP contribution in [0.2, 0.25) is 5.02 Å². The standard InChI is InChI=1S/C22H18ClN3O3S/c1-3-29-22(28)14-6-10-16(11-7-14)24-20(27)18-12-17-19(25-26(2)21(17)30-18)13-4-8-15(23)9-5-13/h4-12H,3H2,1-2H3,(H,24,27). The molecule has 0 bridgehead atoms. The number of aryl methyl sites for hydroxylation is 1. The summed E-state index contributed by atoms with van der Waals surface area (Å²) in [5, 5.41) is 9.02. The van der Waals surface area contributed by atoms with Crippen molar-refractivity contribution in [2.45, 2.75) is 6.92 Å². The van der Waals surface area contributed by atoms with E-state index in [1.165, 1.54) is 11.3 Å². The van der Waals surface area contributed by atoms with Gasteiger partial charge in [0.1, 0.15) is 10.5 Å². The van der Waals surface area contributed by atoms with E-state index in [0.717, 1.165) is 21.5 Å². The van der Waals surface area contributed by atoms with Crippen LogP contribution in [0.15, 0.2) is 54.6 Å². The maximum atomic E-state index is 12.8. The van der Waals surface area contributed by atoms with Gasteiger partial charge >= 0.3 is 5.97 Å². The van der Waals surface area contributed by atoms with E-state index in [1.54, 1.807) is 35.9 Å². The zero-order valence-corrected chi connectivity index (χ0v) is 17.9. The lowest BCUT2D eigenvalue weighted by atomic mass is 10.1. The van der Waals surface area contributed by atoms with Gasteiger partial charge in [-0.2, -0.15) is 5.10 Å². The molecule has 2 aromatic carbocycles. The highest BCUT2D eigenvalue weighted by atomic mass is 35.5. The summed E-state index contributed by atoms with van der Waals surface area (Å²) in [6.07, 6.45) is 0. The Hall–Kier alpha value is -3.16. The van der Waals surface area contributed by atoms with E-state index in [1.807, 2.05) is 37.4 Å². The van der Waals surface area contributed by atoms with Crippen molar-refractivity contribution in [3.05, 3.63) is 70.1 Å². The normalized spacial score (nSPS) is 10.9. The summed E-state index contributed by atoms with van der Waals surface area (Å²) in [5.41, 5.74) is 2.78. The Morgan fingerprint density at radius 2 is 1.83 bits per heavy atom. The van der Waals surface area contributed by atoms with Crippen LogP contribution >= 0.6 is 22.9 Å². The molecule has 0 radical (unpaired) electrons. The number of nitrogens with zero attached hydrogens (tertiary/aromatic N) is 2. The van der Waals surface area contributed by atoms with Crippen LogP contribution in [0.5, 0.6) is 0 Å². The van der Waals surface area contributed by atoms with Crippen LogP contribution < -0.4 is 5.32 Å². The Balaban J connectivity index is 1.57. The number of benzene rings is 2. The van der Waals surface area contributed by atoms with Crippen LogP contribution in [0.3, 0.4) is 0 Å². The van der Waals surface area contributed by atoms with E-state index in [2.05, 4.69) is 10.4 Å². The van der Waals surface area contributed by atoms with Gasteiger partial charge < -0.3 is 10.1 Å². The summed E-state index contributed by atoms with van der Waals surface area (Å²) in [5.74, 6) is -0.607. The third kappa shape index (κ3) is 3.94. The van der Waals surface area contributed by atoms with Crippen molar-refractivity contribution in [1.82, 2.24) is 9.78 Å². The molecular weight excluding hydrogens is 422 g/mol. The number of hydrogen-bond acceptors (Lipinski definition) is 5. The highest BCUT2D eigenvalue weighted by molar-refractivity contribution is 7.20. The molecule has 4 rings (SSSR count). The van der Waals surface area contributed by atoms with Crippen LogP contribution in [0.1, 0.15) is 27.0 Å². The van der Waals surface area contributed by atoms with E-state index in [-0.39, 0.29) is 11.9 Å². The maximum absolute atomic E-state index is 12.8. The summed E-state index contributed by atoms with van der Waals surface area (Å²) in [7, 11) is 1.86. The maximum Gasteiger partial charge on any atom is 0.338 e. The zero-order chi connectivity index (χ0) is 21.3. The first-order valence-electron chi connectivity index (χ1n) is 9.27. The Bertz CT molecular complexity index is 1230. The molecule has 0 atom stereocenters. The fourth-order valence-corrected chi connectivity index (χ4v) is 4.16. The van der Waals surface area contributed by atoms with Crippen LogP contribution in [0, 0.1) is 0 Å². The topological polar surface area (TPSA) is 73.2 Å². The number of halogens is 1. The molecular formula is C22H18ClN3O3S. The number of rotatable bonds is 5. The van der Waals surface area contributed by atoms with Crippen molar-refractivity contribution >= 4 is 50.7 Å². The molecule has 0 saturated heterocycles. The van der Waals surface area contributed by atoms with Crippen molar-refractivity contribution in [2.75, 3.05) is 11.9 Å². The predicted octanol–water partition coefficient (Wildman–Crippen LogP) is 5.38. The number of carbonyl (C=O) groups is 2. The molecule has 1 N–H and O–H groups in total. The molecule has 4 aromatic rings. The number of aromatic nitrogens is 2. The van der Waals surface area contributed by atoms with Gasteiger partial charge in [-0.05, 0) is 49.4 Å². The second-order valence-corrected chi connectivity index (χ2v) is 8.03. The highest BCUT2D eigenvalue weighted by Gasteiger charge is 2.18. The molecule has 0 aliphatic heterocycles. The van der Waals surface area contributed by atoms with Crippen molar-refractivity contribution in [1.29, 1.82) is 0 Å². The minimum Gasteiger partial charge on any atom is -0.462 e. The summed E-state index contributed by atoms with van der Waals surface area (Å²) in [4.78, 5) is 26.0. The average Bonchev–Trinajstić information content (AvgIpc) is 3.30. The molecule has 1 amide bonds. The van der Waals surface area contributed by atoms with Gasteiger partial charge in [0, 0.05) is 28.7 Å². The number of nitrogens with one attached hydrogen (secondary N) is 1. The van der Waals surface area contributed by atoms with Crippen molar-refractivity contribution in [3.8, 4) is 11.3 Å². The summed E-state index contributed by atoms with van der Waals surface area (Å²) in [6, 6.07) is 15.9. The lowest BCUT2D eigenvalue weighted by Gasteiger charge is -2.05. The second kappa shape index (κ2) is 8.30. The van der Waals surface area contributed by atoms with E-state index in [4.69, 9.17) is 16.3 Å². The average molecular weight is 440 g/mol. The highest BCUT2D eigenvalue weighted by Crippen LogP contribution is 2.34. The number of anilines is 1. The summed E-state index contributed by atoms with van der Waals surface area (Å²) >= 11 is 7.36. The number of hydrogen-bond donors (Lipinski definition) is 1. The van der Waals surface area contributed by atoms with E-state index in [9.17, 15) is 9.59 Å². The number of fused-ring (bicyclic) bond motifs is 1. The minimum atomic E-state index is -0.387. The lowest BCUT2D eigenvalue weighted by Crippen LogP contribution is -2.10. The van der Waals surface area contributed by atoms with Gasteiger partial charge in [0.05, 0.1) is 17.0 Å². The fraction of sp³-hybridized carbons (Fsp3) is 0.136. The molecule has 0 aliphatic carbocycles. The van der Waals surface area contributed by atoms with Gasteiger partial charge in [-0.3, -0.25) is 9.48 Å². The van der Waals surface area contributed by atoms with Crippen LogP contribution in [0.4, 0.5) is 5.69 Å². The minimum absolute atomic E-state index is 0.220. The quantitative estimate of drug-likeness (QED) is 0.423. The van der Waals surface area contributed by atoms with Crippen LogP contribution in [0.25, 0.3) is 21.5 Å². The molecule has 30 heavy (non-hydrogen) atoms. The van der Waals surface area contributed by atoms with E-state index < -0.39 is 0 Å². The zero-order valence-electron chi connectivity index (χ0n) is 16.3. The second-order valence-electron chi connectivity index (χ2n) is 6.56. The van der Waals surface area contributed by atoms with Gasteiger partial charge in [0.25, 0.3) is 5.91 Å². The number of ether oxygens (including phenoxy) is 1. The number of thiophene rings is 1. The SMILES string of the molecule is CCOC(=O)c1ccc(NC(=O)c2cc3c(-c4ccc(Cl)cc4)nn(C)c3s2)cc1. The summed E-state index contributed by atoms with van der Waals surface area (Å²) < 4.78 is 6.74. The first-order valence-corrected chi connectivity index (χ1v) is 10.5. The van der Waals surface area contributed by atoms with Gasteiger partial charge in [-0.25, -0.2) is 4.79 Å². The third-order valence-corrected chi connectivity index (χ3v) is 5.96. The van der Waals surface area contributed by atoms with Crippen LogP contribution in [-0.4, -0.2) is 28.3 Å². The van der Waals surface area contributed by atoms with Crippen molar-refractivity contribution in [2.24, 2.45) is 7.05 Å². The molecule has 0 aliphatic rings. The molecule has 2 heterocycles. The summed E-state index contributed by atoms with van der Waals surface area (Å²) in [6.45, 7) is 2.07. The molecule has 0 fully saturated rings. The van der Waals surface area contributed by atoms with Gasteiger partial charge in [0.2, 0.25) is 0 Å². The predicted molar refractivity (Wildman–Crippen MR) is 119 cm³/mol. The molecule has 6 nitrogen and oxygen atoms in total. The Kier molecular flexibility index (Phi) is 5.57. The molecule has 0 unspecified atom stereocenters. The molecule has 0 saturated carbocycles. The van der Waals surface area contributed by atoms with Crippen molar-refractivity contribution in [3.63, 3.8) is 0 Å². The monoisotopic (exact) mass is 439 g/mol. The Morgan fingerprint density at radius 1 is 1.13 bits per heavy atom. The molecule has 8 heteroatoms. The number of carbonyl (C=O) groups excluding carboxylic acids is 2. The molecule has 2 aromatic heterocycles. The number of esters is 1. The van der Waals surface area contributed by atoms with Crippen molar-refractivity contribution < 1.29 is 14.3 Å². The van der Waals surface area contributed by atoms with Gasteiger partial charge in [0.15, 0.2) is 0 Å². The lowest BCUT2D eigenvalue weighted by molar-refractivity contribution is 0.0526. The first kappa shape index (κ1) is 20.1. The van der Waals surface area contributed by atoms with E-state index in [0.29, 0.717) is 27.8 Å². The van der Waals surface area contributed by atoms with Gasteiger partial charge in [-0.1, -0.05) is 23.7 Å². The number of amides is 1. The molecule has 0 spiro atoms. The molecule has 152 valence electrons.